The van der Waals surface area contributed by atoms with Crippen LogP contribution >= 0.6 is 0 Å². The molecule has 0 unspecified atom stereocenters. The third-order valence-electron chi connectivity index (χ3n) is 3.45. The van der Waals surface area contributed by atoms with Crippen LogP contribution in [0.3, 0.4) is 0 Å². The van der Waals surface area contributed by atoms with E-state index in [0.717, 1.165) is 32.4 Å². The minimum atomic E-state index is -5.08. The van der Waals surface area contributed by atoms with Crippen LogP contribution in [-0.2, 0) is 14.4 Å². The number of hydrogen-bond acceptors (Lipinski definition) is 4. The topological polar surface area (TPSA) is 86.7 Å². The number of nitrogens with one attached hydrogen (secondary N) is 1. The molecule has 2 aliphatic heterocycles. The molecule has 1 fully saturated rings. The van der Waals surface area contributed by atoms with Gasteiger partial charge in [-0.15, -0.1) is 0 Å². The lowest BCUT2D eigenvalue weighted by atomic mass is 9.98. The van der Waals surface area contributed by atoms with Crippen LogP contribution in [0, 0.1) is 5.92 Å². The Bertz CT molecular complexity index is 523. The van der Waals surface area contributed by atoms with Gasteiger partial charge in [0.05, 0.1) is 0 Å². The molecule has 0 radical (unpaired) electrons. The number of carbonyl (C=O) groups excluding carboxylic acids is 2. The Labute approximate surface area is 137 Å². The molecule has 0 saturated carbocycles. The SMILES string of the molecule is O=C(O)C(F)(F)F.O=C1C=CCCN1C(=O)C=CC1CCNCC1. The second-order valence-electron chi connectivity index (χ2n) is 5.27. The van der Waals surface area contributed by atoms with Crippen molar-refractivity contribution >= 4 is 17.8 Å². The Morgan fingerprint density at radius 3 is 2.38 bits per heavy atom. The van der Waals surface area contributed by atoms with Gasteiger partial charge < -0.3 is 10.4 Å². The number of aliphatic carboxylic acids is 1. The fourth-order valence-electron chi connectivity index (χ4n) is 2.15. The van der Waals surface area contributed by atoms with Gasteiger partial charge in [-0.25, -0.2) is 4.79 Å². The number of halogens is 3. The van der Waals surface area contributed by atoms with Gasteiger partial charge in [0.25, 0.3) is 11.8 Å². The summed E-state index contributed by atoms with van der Waals surface area (Å²) in [5.41, 5.74) is 0. The van der Waals surface area contributed by atoms with Gasteiger partial charge in [-0.2, -0.15) is 13.2 Å². The van der Waals surface area contributed by atoms with Gasteiger partial charge in [0.15, 0.2) is 0 Å². The number of imide groups is 1. The summed E-state index contributed by atoms with van der Waals surface area (Å²) in [7, 11) is 0. The number of carboxylic acid groups (broad SMARTS) is 1. The first-order valence-electron chi connectivity index (χ1n) is 7.43. The molecule has 0 aliphatic carbocycles. The highest BCUT2D eigenvalue weighted by atomic mass is 19.4. The molecule has 6 nitrogen and oxygen atoms in total. The van der Waals surface area contributed by atoms with Crippen LogP contribution in [0.1, 0.15) is 19.3 Å². The Morgan fingerprint density at radius 1 is 1.29 bits per heavy atom. The zero-order valence-corrected chi connectivity index (χ0v) is 12.9. The molecule has 9 heteroatoms. The van der Waals surface area contributed by atoms with E-state index in [0.29, 0.717) is 12.5 Å². The quantitative estimate of drug-likeness (QED) is 0.739. The highest BCUT2D eigenvalue weighted by Crippen LogP contribution is 2.14. The van der Waals surface area contributed by atoms with Crippen LogP contribution in [0.5, 0.6) is 0 Å². The first-order chi connectivity index (χ1) is 11.2. The molecule has 24 heavy (non-hydrogen) atoms. The Kier molecular flexibility index (Phi) is 7.63. The molecule has 0 aromatic carbocycles. The number of allylic oxidation sites excluding steroid dienone is 1. The minimum Gasteiger partial charge on any atom is -0.475 e. The maximum absolute atomic E-state index is 11.8. The van der Waals surface area contributed by atoms with E-state index >= 15 is 0 Å². The van der Waals surface area contributed by atoms with Crippen molar-refractivity contribution in [2.24, 2.45) is 5.92 Å². The summed E-state index contributed by atoms with van der Waals surface area (Å²) >= 11 is 0. The van der Waals surface area contributed by atoms with Crippen molar-refractivity contribution in [2.75, 3.05) is 19.6 Å². The van der Waals surface area contributed by atoms with E-state index in [1.165, 1.54) is 11.0 Å². The normalized spacial score (nSPS) is 19.1. The van der Waals surface area contributed by atoms with Gasteiger partial charge in [-0.3, -0.25) is 14.5 Å². The van der Waals surface area contributed by atoms with Crippen LogP contribution in [-0.4, -0.2) is 53.6 Å². The summed E-state index contributed by atoms with van der Waals surface area (Å²) in [5.74, 6) is -2.67. The molecule has 0 bridgehead atoms. The van der Waals surface area contributed by atoms with Crippen LogP contribution in [0.2, 0.25) is 0 Å². The average molecular weight is 348 g/mol. The Morgan fingerprint density at radius 2 is 1.88 bits per heavy atom. The second kappa shape index (κ2) is 9.21. The van der Waals surface area contributed by atoms with Crippen LogP contribution in [0.15, 0.2) is 24.3 Å². The molecule has 2 amide bonds. The van der Waals surface area contributed by atoms with E-state index in [1.807, 2.05) is 12.2 Å². The molecule has 0 spiro atoms. The average Bonchev–Trinajstić information content (AvgIpc) is 2.54. The van der Waals surface area contributed by atoms with Crippen molar-refractivity contribution < 1.29 is 32.7 Å². The number of carbonyl (C=O) groups is 3. The lowest BCUT2D eigenvalue weighted by molar-refractivity contribution is -0.192. The molecule has 1 saturated heterocycles. The van der Waals surface area contributed by atoms with Gasteiger partial charge in [0.2, 0.25) is 0 Å². The molecular weight excluding hydrogens is 329 g/mol. The van der Waals surface area contributed by atoms with E-state index in [-0.39, 0.29) is 11.8 Å². The highest BCUT2D eigenvalue weighted by molar-refractivity contribution is 6.05. The zero-order chi connectivity index (χ0) is 18.2. The summed E-state index contributed by atoms with van der Waals surface area (Å²) in [6.07, 6.45) is 4.61. The molecule has 2 heterocycles. The lowest BCUT2D eigenvalue weighted by Gasteiger charge is -2.21. The second-order valence-corrected chi connectivity index (χ2v) is 5.27. The molecule has 2 rings (SSSR count). The van der Waals surface area contributed by atoms with Gasteiger partial charge in [-0.1, -0.05) is 12.2 Å². The number of carboxylic acids is 1. The van der Waals surface area contributed by atoms with Crippen molar-refractivity contribution in [1.29, 1.82) is 0 Å². The minimum absolute atomic E-state index is 0.183. The number of alkyl halides is 3. The first-order valence-corrected chi connectivity index (χ1v) is 7.43. The Balaban J connectivity index is 0.000000351. The number of piperidine rings is 1. The van der Waals surface area contributed by atoms with Crippen molar-refractivity contribution in [3.63, 3.8) is 0 Å². The van der Waals surface area contributed by atoms with Gasteiger partial charge in [-0.05, 0) is 50.4 Å². The third-order valence-corrected chi connectivity index (χ3v) is 3.45. The maximum atomic E-state index is 11.8. The van der Waals surface area contributed by atoms with Crippen molar-refractivity contribution in [1.82, 2.24) is 10.2 Å². The summed E-state index contributed by atoms with van der Waals surface area (Å²) in [6.45, 7) is 2.52. The number of hydrogen-bond donors (Lipinski definition) is 2. The van der Waals surface area contributed by atoms with Crippen molar-refractivity contribution in [3.8, 4) is 0 Å². The summed E-state index contributed by atoms with van der Waals surface area (Å²) in [6, 6.07) is 0. The molecular formula is C15H19F3N2O4. The summed E-state index contributed by atoms with van der Waals surface area (Å²) in [4.78, 5) is 33.5. The molecule has 0 aromatic rings. The monoisotopic (exact) mass is 348 g/mol. The van der Waals surface area contributed by atoms with Crippen LogP contribution < -0.4 is 5.32 Å². The third kappa shape index (κ3) is 6.95. The van der Waals surface area contributed by atoms with E-state index in [2.05, 4.69) is 5.32 Å². The Hall–Kier alpha value is -2.16. The fourth-order valence-corrected chi connectivity index (χ4v) is 2.15. The molecule has 0 atom stereocenters. The zero-order valence-electron chi connectivity index (χ0n) is 12.9. The summed E-state index contributed by atoms with van der Waals surface area (Å²) < 4.78 is 31.7. The lowest BCUT2D eigenvalue weighted by Crippen LogP contribution is -2.37. The molecule has 2 N–H and O–H groups in total. The summed E-state index contributed by atoms with van der Waals surface area (Å²) in [5, 5.41) is 10.4. The fraction of sp³-hybridized carbons (Fsp3) is 0.533. The molecule has 0 aromatic heterocycles. The predicted octanol–water partition coefficient (Wildman–Crippen LogP) is 1.49. The van der Waals surface area contributed by atoms with E-state index < -0.39 is 12.1 Å². The van der Waals surface area contributed by atoms with Gasteiger partial charge in [0, 0.05) is 6.54 Å². The maximum Gasteiger partial charge on any atom is 0.490 e. The van der Waals surface area contributed by atoms with Crippen molar-refractivity contribution in [2.45, 2.75) is 25.4 Å². The van der Waals surface area contributed by atoms with Crippen LogP contribution in [0.4, 0.5) is 13.2 Å². The van der Waals surface area contributed by atoms with E-state index in [4.69, 9.17) is 9.90 Å². The number of nitrogens with zero attached hydrogens (tertiary/aromatic N) is 1. The number of rotatable bonds is 2. The van der Waals surface area contributed by atoms with E-state index in [9.17, 15) is 22.8 Å². The largest absolute Gasteiger partial charge is 0.490 e. The highest BCUT2D eigenvalue weighted by Gasteiger charge is 2.38. The first kappa shape index (κ1) is 19.9. The van der Waals surface area contributed by atoms with E-state index in [1.54, 1.807) is 6.08 Å². The standard InChI is InChI=1S/C13H18N2O2.C2HF3O2/c16-12-3-1-2-10-15(12)13(17)5-4-11-6-8-14-9-7-11;3-2(4,5)1(6)7/h1,3-5,11,14H,2,6-10H2;(H,6,7). The molecule has 134 valence electrons. The van der Waals surface area contributed by atoms with Gasteiger partial charge >= 0.3 is 12.1 Å². The van der Waals surface area contributed by atoms with Crippen LogP contribution in [0.25, 0.3) is 0 Å². The predicted molar refractivity (Wildman–Crippen MR) is 78.9 cm³/mol. The molecule has 2 aliphatic rings. The number of amides is 2. The van der Waals surface area contributed by atoms with Gasteiger partial charge in [0.1, 0.15) is 0 Å². The smallest absolute Gasteiger partial charge is 0.475 e. The van der Waals surface area contributed by atoms with Crippen molar-refractivity contribution in [3.05, 3.63) is 24.3 Å².